The van der Waals surface area contributed by atoms with Crippen molar-refractivity contribution in [1.29, 1.82) is 0 Å². The second-order valence-electron chi connectivity index (χ2n) is 2.80. The molecule has 0 bridgehead atoms. The molecule has 0 aromatic carbocycles. The standard InChI is InChI=1S/C6H13N5O2S/c1-5-8-6(10-9-5)4-11(3)14(12,13)7-2/h7H,4H2,1-3H3,(H,8,9,10). The molecule has 0 unspecified atom stereocenters. The third-order valence-corrected chi connectivity index (χ3v) is 3.14. The molecule has 0 aliphatic heterocycles. The number of nitrogens with one attached hydrogen (secondary N) is 2. The Bertz CT molecular complexity index is 398. The molecule has 80 valence electrons. The lowest BCUT2D eigenvalue weighted by Crippen LogP contribution is -2.35. The molecule has 1 aromatic rings. The van der Waals surface area contributed by atoms with Gasteiger partial charge in [-0.2, -0.15) is 17.8 Å². The highest BCUT2D eigenvalue weighted by Gasteiger charge is 2.16. The van der Waals surface area contributed by atoms with Gasteiger partial charge in [0.05, 0.1) is 6.54 Å². The predicted octanol–water partition coefficient (Wildman–Crippen LogP) is -0.991. The first kappa shape index (κ1) is 11.1. The Labute approximate surface area is 82.7 Å². The topological polar surface area (TPSA) is 91.0 Å². The van der Waals surface area contributed by atoms with Crippen LogP contribution in [0, 0.1) is 6.92 Å². The van der Waals surface area contributed by atoms with Gasteiger partial charge in [-0.15, -0.1) is 0 Å². The van der Waals surface area contributed by atoms with Crippen molar-refractivity contribution in [1.82, 2.24) is 24.2 Å². The van der Waals surface area contributed by atoms with Gasteiger partial charge in [-0.3, -0.25) is 5.10 Å². The highest BCUT2D eigenvalue weighted by Crippen LogP contribution is 2.00. The van der Waals surface area contributed by atoms with Gasteiger partial charge in [0.25, 0.3) is 10.2 Å². The molecule has 0 radical (unpaired) electrons. The normalized spacial score (nSPS) is 12.3. The van der Waals surface area contributed by atoms with Crippen LogP contribution in [0.2, 0.25) is 0 Å². The number of hydrogen-bond acceptors (Lipinski definition) is 4. The fraction of sp³-hybridized carbons (Fsp3) is 0.667. The zero-order chi connectivity index (χ0) is 10.8. The van der Waals surface area contributed by atoms with Crippen molar-refractivity contribution >= 4 is 10.2 Å². The van der Waals surface area contributed by atoms with Crippen LogP contribution in [0.1, 0.15) is 11.6 Å². The van der Waals surface area contributed by atoms with Crippen LogP contribution in [0.5, 0.6) is 0 Å². The number of aryl methyl sites for hydroxylation is 1. The van der Waals surface area contributed by atoms with Crippen LogP contribution in [0.15, 0.2) is 0 Å². The molecule has 0 spiro atoms. The van der Waals surface area contributed by atoms with E-state index in [-0.39, 0.29) is 6.54 Å². The van der Waals surface area contributed by atoms with Gasteiger partial charge < -0.3 is 0 Å². The van der Waals surface area contributed by atoms with Crippen LogP contribution in [0.25, 0.3) is 0 Å². The van der Waals surface area contributed by atoms with Gasteiger partial charge in [0.15, 0.2) is 5.82 Å². The van der Waals surface area contributed by atoms with Crippen LogP contribution in [0.3, 0.4) is 0 Å². The molecule has 14 heavy (non-hydrogen) atoms. The van der Waals surface area contributed by atoms with Crippen molar-refractivity contribution in [3.63, 3.8) is 0 Å². The largest absolute Gasteiger partial charge is 0.279 e. The van der Waals surface area contributed by atoms with Crippen molar-refractivity contribution in [3.05, 3.63) is 11.6 Å². The first-order valence-electron chi connectivity index (χ1n) is 3.98. The number of nitrogens with zero attached hydrogens (tertiary/aromatic N) is 3. The van der Waals surface area contributed by atoms with Crippen molar-refractivity contribution in [2.24, 2.45) is 0 Å². The van der Waals surface area contributed by atoms with Gasteiger partial charge >= 0.3 is 0 Å². The molecule has 0 saturated heterocycles. The van der Waals surface area contributed by atoms with Gasteiger partial charge in [0, 0.05) is 14.1 Å². The number of aromatic amines is 1. The molecule has 0 atom stereocenters. The first-order chi connectivity index (χ1) is 6.45. The quantitative estimate of drug-likeness (QED) is 0.680. The Kier molecular flexibility index (Phi) is 3.19. The summed E-state index contributed by atoms with van der Waals surface area (Å²) >= 11 is 0. The molecule has 7 nitrogen and oxygen atoms in total. The molecule has 0 saturated carbocycles. The lowest BCUT2D eigenvalue weighted by Gasteiger charge is -2.13. The van der Waals surface area contributed by atoms with Crippen LogP contribution >= 0.6 is 0 Å². The van der Waals surface area contributed by atoms with Gasteiger partial charge in [-0.05, 0) is 6.92 Å². The van der Waals surface area contributed by atoms with Crippen LogP contribution in [-0.4, -0.2) is 42.0 Å². The Morgan fingerprint density at radius 1 is 1.57 bits per heavy atom. The van der Waals surface area contributed by atoms with E-state index in [2.05, 4.69) is 19.9 Å². The average Bonchev–Trinajstić information content (AvgIpc) is 2.51. The van der Waals surface area contributed by atoms with Crippen molar-refractivity contribution in [3.8, 4) is 0 Å². The van der Waals surface area contributed by atoms with Gasteiger partial charge in [0.1, 0.15) is 5.82 Å². The Balaban J connectivity index is 2.71. The Hall–Kier alpha value is -0.990. The minimum Gasteiger partial charge on any atom is -0.263 e. The van der Waals surface area contributed by atoms with Gasteiger partial charge in [0.2, 0.25) is 0 Å². The lowest BCUT2D eigenvalue weighted by atomic mass is 10.6. The molecule has 8 heteroatoms. The average molecular weight is 219 g/mol. The zero-order valence-electron chi connectivity index (χ0n) is 8.27. The molecule has 1 aromatic heterocycles. The number of H-pyrrole nitrogens is 1. The summed E-state index contributed by atoms with van der Waals surface area (Å²) in [6, 6.07) is 0. The monoisotopic (exact) mass is 219 g/mol. The summed E-state index contributed by atoms with van der Waals surface area (Å²) < 4.78 is 25.9. The Morgan fingerprint density at radius 3 is 2.64 bits per heavy atom. The maximum Gasteiger partial charge on any atom is 0.279 e. The smallest absolute Gasteiger partial charge is 0.263 e. The fourth-order valence-corrected chi connectivity index (χ4v) is 1.50. The van der Waals surface area contributed by atoms with E-state index >= 15 is 0 Å². The maximum atomic E-state index is 11.3. The number of aromatic nitrogens is 3. The second kappa shape index (κ2) is 4.03. The molecule has 0 aliphatic rings. The predicted molar refractivity (Wildman–Crippen MR) is 50.6 cm³/mol. The summed E-state index contributed by atoms with van der Waals surface area (Å²) in [5.41, 5.74) is 0. The second-order valence-corrected chi connectivity index (χ2v) is 4.78. The third kappa shape index (κ3) is 2.50. The van der Waals surface area contributed by atoms with Crippen LogP contribution in [-0.2, 0) is 16.8 Å². The summed E-state index contributed by atoms with van der Waals surface area (Å²) in [6.07, 6.45) is 0. The van der Waals surface area contributed by atoms with E-state index in [0.717, 1.165) is 4.31 Å². The van der Waals surface area contributed by atoms with Crippen LogP contribution in [0.4, 0.5) is 0 Å². The maximum absolute atomic E-state index is 11.3. The van der Waals surface area contributed by atoms with E-state index in [1.807, 2.05) is 0 Å². The highest BCUT2D eigenvalue weighted by atomic mass is 32.2. The molecule has 1 heterocycles. The van der Waals surface area contributed by atoms with E-state index in [0.29, 0.717) is 11.6 Å². The van der Waals surface area contributed by atoms with Crippen molar-refractivity contribution in [2.45, 2.75) is 13.5 Å². The summed E-state index contributed by atoms with van der Waals surface area (Å²) in [7, 11) is -0.586. The zero-order valence-corrected chi connectivity index (χ0v) is 9.09. The van der Waals surface area contributed by atoms with Crippen LogP contribution < -0.4 is 4.72 Å². The fourth-order valence-electron chi connectivity index (χ4n) is 0.900. The summed E-state index contributed by atoms with van der Waals surface area (Å²) in [4.78, 5) is 4.00. The summed E-state index contributed by atoms with van der Waals surface area (Å²) in [5.74, 6) is 1.11. The van der Waals surface area contributed by atoms with E-state index in [1.165, 1.54) is 14.1 Å². The van der Waals surface area contributed by atoms with E-state index in [9.17, 15) is 8.42 Å². The number of rotatable bonds is 4. The molecule has 0 aliphatic carbocycles. The van der Waals surface area contributed by atoms with E-state index < -0.39 is 10.2 Å². The lowest BCUT2D eigenvalue weighted by molar-refractivity contribution is 0.450. The Morgan fingerprint density at radius 2 is 2.21 bits per heavy atom. The highest BCUT2D eigenvalue weighted by molar-refractivity contribution is 7.87. The molecule has 0 amide bonds. The summed E-state index contributed by atoms with van der Waals surface area (Å²) in [6.45, 7) is 1.90. The van der Waals surface area contributed by atoms with Crippen molar-refractivity contribution in [2.75, 3.05) is 14.1 Å². The van der Waals surface area contributed by atoms with Gasteiger partial charge in [-0.1, -0.05) is 0 Å². The van der Waals surface area contributed by atoms with Crippen molar-refractivity contribution < 1.29 is 8.42 Å². The summed E-state index contributed by atoms with van der Waals surface area (Å²) in [5, 5.41) is 6.47. The SMILES string of the molecule is CNS(=O)(=O)N(C)Cc1n[nH]c(C)n1. The molecule has 2 N–H and O–H groups in total. The van der Waals surface area contributed by atoms with E-state index in [1.54, 1.807) is 6.92 Å². The first-order valence-corrected chi connectivity index (χ1v) is 5.42. The molecule has 1 rings (SSSR count). The van der Waals surface area contributed by atoms with E-state index in [4.69, 9.17) is 0 Å². The molecule has 0 fully saturated rings. The minimum absolute atomic E-state index is 0.146. The number of hydrogen-bond donors (Lipinski definition) is 2. The molecular formula is C6H13N5O2S. The van der Waals surface area contributed by atoms with Gasteiger partial charge in [-0.25, -0.2) is 9.71 Å². The minimum atomic E-state index is -3.40. The third-order valence-electron chi connectivity index (χ3n) is 1.68. The molecular weight excluding hydrogens is 206 g/mol.